The predicted molar refractivity (Wildman–Crippen MR) is 119 cm³/mol. The molecule has 0 aliphatic heterocycles. The highest BCUT2D eigenvalue weighted by Gasteiger charge is 2.16. The molecule has 1 aliphatic rings. The van der Waals surface area contributed by atoms with Gasteiger partial charge in [-0.25, -0.2) is 9.37 Å². The molecule has 1 aromatic carbocycles. The van der Waals surface area contributed by atoms with E-state index < -0.39 is 0 Å². The minimum absolute atomic E-state index is 0.197. The van der Waals surface area contributed by atoms with Crippen LogP contribution in [0.4, 0.5) is 4.39 Å². The molecule has 4 rings (SSSR count). The number of hydrogen-bond donors (Lipinski definition) is 2. The topological polar surface area (TPSA) is 57.8 Å². The zero-order valence-electron chi connectivity index (χ0n) is 16.5. The van der Waals surface area contributed by atoms with Crippen LogP contribution < -0.4 is 5.32 Å². The highest BCUT2D eigenvalue weighted by atomic mass is 35.5. The van der Waals surface area contributed by atoms with Gasteiger partial charge in [0.25, 0.3) is 5.91 Å². The van der Waals surface area contributed by atoms with Gasteiger partial charge in [-0.3, -0.25) is 4.79 Å². The van der Waals surface area contributed by atoms with Crippen molar-refractivity contribution in [2.75, 3.05) is 0 Å². The number of rotatable bonds is 3. The Bertz CT molecular complexity index is 1220. The minimum atomic E-state index is -0.372. The predicted octanol–water partition coefficient (Wildman–Crippen LogP) is 5.84. The fraction of sp³-hybridized carbons (Fsp3) is 0.0833. The lowest BCUT2D eigenvalue weighted by Gasteiger charge is -2.10. The minimum Gasteiger partial charge on any atom is -0.355 e. The van der Waals surface area contributed by atoms with Gasteiger partial charge in [0.2, 0.25) is 0 Å². The summed E-state index contributed by atoms with van der Waals surface area (Å²) in [6.45, 7) is 3.67. The van der Waals surface area contributed by atoms with E-state index in [0.717, 1.165) is 33.8 Å². The van der Waals surface area contributed by atoms with Gasteiger partial charge in [0.05, 0.1) is 5.02 Å². The smallest absolute Gasteiger partial charge is 0.275 e. The number of nitrogens with zero attached hydrogens (tertiary/aromatic N) is 1. The largest absolute Gasteiger partial charge is 0.355 e. The molecule has 2 N–H and O–H groups in total. The number of allylic oxidation sites excluding steroid dienone is 3. The number of fused-ring (bicyclic) bond motifs is 1. The number of aryl methyl sites for hydroxylation is 2. The first-order chi connectivity index (χ1) is 14.4. The fourth-order valence-corrected chi connectivity index (χ4v) is 3.48. The molecule has 0 spiro atoms. The Morgan fingerprint density at radius 2 is 1.83 bits per heavy atom. The number of nitrogens with one attached hydrogen (secondary N) is 2. The van der Waals surface area contributed by atoms with E-state index in [-0.39, 0.29) is 17.4 Å². The van der Waals surface area contributed by atoms with Crippen molar-refractivity contribution in [1.82, 2.24) is 15.3 Å². The number of amides is 1. The molecule has 150 valence electrons. The van der Waals surface area contributed by atoms with E-state index in [4.69, 9.17) is 11.6 Å². The van der Waals surface area contributed by atoms with Crippen LogP contribution in [0.3, 0.4) is 0 Å². The second-order valence-corrected chi connectivity index (χ2v) is 7.45. The zero-order chi connectivity index (χ0) is 21.3. The van der Waals surface area contributed by atoms with E-state index in [1.807, 2.05) is 50.3 Å². The second-order valence-electron chi connectivity index (χ2n) is 7.07. The summed E-state index contributed by atoms with van der Waals surface area (Å²) in [6, 6.07) is 10.1. The van der Waals surface area contributed by atoms with Crippen LogP contribution in [0, 0.1) is 19.7 Å². The quantitative estimate of drug-likeness (QED) is 0.560. The third kappa shape index (κ3) is 4.11. The lowest BCUT2D eigenvalue weighted by molar-refractivity contribution is 0.0962. The van der Waals surface area contributed by atoms with Gasteiger partial charge >= 0.3 is 0 Å². The summed E-state index contributed by atoms with van der Waals surface area (Å²) in [5.74, 6) is -0.653. The summed E-state index contributed by atoms with van der Waals surface area (Å²) in [4.78, 5) is 20.4. The molecule has 30 heavy (non-hydrogen) atoms. The number of aromatic nitrogens is 2. The van der Waals surface area contributed by atoms with Crippen molar-refractivity contribution < 1.29 is 9.18 Å². The van der Waals surface area contributed by atoms with Gasteiger partial charge in [-0.15, -0.1) is 0 Å². The van der Waals surface area contributed by atoms with Crippen LogP contribution in [0.15, 0.2) is 60.3 Å². The molecular formula is C24H19ClFN3O. The maximum atomic E-state index is 13.2. The third-order valence-corrected chi connectivity index (χ3v) is 5.21. The van der Waals surface area contributed by atoms with Crippen molar-refractivity contribution in [3.8, 4) is 11.3 Å². The number of pyridine rings is 1. The molecule has 1 aliphatic carbocycles. The van der Waals surface area contributed by atoms with Crippen molar-refractivity contribution in [1.29, 1.82) is 0 Å². The van der Waals surface area contributed by atoms with E-state index in [1.54, 1.807) is 18.2 Å². The number of carbonyl (C=O) groups excluding carboxylic acids is 1. The third-order valence-electron chi connectivity index (χ3n) is 4.74. The summed E-state index contributed by atoms with van der Waals surface area (Å²) in [5.41, 5.74) is 5.83. The van der Waals surface area contributed by atoms with Crippen molar-refractivity contribution >= 4 is 29.7 Å². The molecule has 0 radical (unpaired) electrons. The number of aromatic amines is 1. The van der Waals surface area contributed by atoms with E-state index in [0.29, 0.717) is 10.7 Å². The van der Waals surface area contributed by atoms with Gasteiger partial charge in [0, 0.05) is 28.3 Å². The number of benzene rings is 1. The lowest BCUT2D eigenvalue weighted by atomic mass is 10.1. The number of halogens is 2. The Kier molecular flexibility index (Phi) is 5.38. The molecule has 4 nitrogen and oxygen atoms in total. The van der Waals surface area contributed by atoms with Crippen molar-refractivity contribution in [3.05, 3.63) is 99.4 Å². The molecule has 0 saturated heterocycles. The lowest BCUT2D eigenvalue weighted by Crippen LogP contribution is -2.24. The fourth-order valence-electron chi connectivity index (χ4n) is 3.30. The van der Waals surface area contributed by atoms with Gasteiger partial charge in [-0.05, 0) is 79.6 Å². The Balaban J connectivity index is 1.66. The summed E-state index contributed by atoms with van der Waals surface area (Å²) < 4.78 is 13.2. The summed E-state index contributed by atoms with van der Waals surface area (Å²) >= 11 is 6.30. The molecule has 0 fully saturated rings. The van der Waals surface area contributed by atoms with Gasteiger partial charge in [0.1, 0.15) is 11.5 Å². The van der Waals surface area contributed by atoms with Crippen LogP contribution in [-0.2, 0) is 0 Å². The van der Waals surface area contributed by atoms with Crippen molar-refractivity contribution in [3.63, 3.8) is 0 Å². The molecule has 2 heterocycles. The average Bonchev–Trinajstić information content (AvgIpc) is 3.08. The molecule has 0 unspecified atom stereocenters. The van der Waals surface area contributed by atoms with E-state index >= 15 is 0 Å². The highest BCUT2D eigenvalue weighted by molar-refractivity contribution is 6.34. The Labute approximate surface area is 178 Å². The van der Waals surface area contributed by atoms with Gasteiger partial charge in [-0.2, -0.15) is 0 Å². The molecule has 0 bridgehead atoms. The van der Waals surface area contributed by atoms with Gasteiger partial charge in [0.15, 0.2) is 0 Å². The van der Waals surface area contributed by atoms with Crippen LogP contribution in [0.5, 0.6) is 0 Å². The second kappa shape index (κ2) is 8.13. The SMILES string of the molecule is Cc1cc(C)c(Cl)c(C(=O)NC2=C/c3cc(-c4ccc(F)cc4)[nH]c3/C=C/C=C\2)n1. The van der Waals surface area contributed by atoms with E-state index in [2.05, 4.69) is 15.3 Å². The molecule has 3 aromatic rings. The number of carbonyl (C=O) groups is 1. The molecule has 6 heteroatoms. The Morgan fingerprint density at radius 3 is 2.60 bits per heavy atom. The highest BCUT2D eigenvalue weighted by Crippen LogP contribution is 2.26. The molecule has 1 amide bonds. The maximum Gasteiger partial charge on any atom is 0.275 e. The molecule has 0 saturated carbocycles. The van der Waals surface area contributed by atoms with Crippen LogP contribution in [-0.4, -0.2) is 15.9 Å². The van der Waals surface area contributed by atoms with Crippen molar-refractivity contribution in [2.45, 2.75) is 13.8 Å². The average molecular weight is 420 g/mol. The first kappa shape index (κ1) is 19.9. The molecular weight excluding hydrogens is 401 g/mol. The van der Waals surface area contributed by atoms with E-state index in [9.17, 15) is 9.18 Å². The first-order valence-electron chi connectivity index (χ1n) is 9.41. The summed E-state index contributed by atoms with van der Waals surface area (Å²) in [5, 5.41) is 3.23. The first-order valence-corrected chi connectivity index (χ1v) is 9.79. The summed E-state index contributed by atoms with van der Waals surface area (Å²) in [7, 11) is 0. The molecule has 0 atom stereocenters. The standard InChI is InChI=1S/C24H19ClFN3O/c1-14-11-15(2)27-23(22(14)25)24(30)28-19-5-3-4-6-20-17(12-19)13-21(29-20)16-7-9-18(26)10-8-16/h3-13,29H,1-2H3,(H,28,30)/b4-3?,5-3-,6-4+,17-12?,19-5?,19-12+,20-6?. The Hall–Kier alpha value is -3.44. The normalized spacial score (nSPS) is 16.6. The van der Waals surface area contributed by atoms with E-state index in [1.165, 1.54) is 12.1 Å². The van der Waals surface area contributed by atoms with Gasteiger partial charge < -0.3 is 10.3 Å². The summed E-state index contributed by atoms with van der Waals surface area (Å²) in [6.07, 6.45) is 9.33. The maximum absolute atomic E-state index is 13.2. The van der Waals surface area contributed by atoms with Crippen molar-refractivity contribution in [2.24, 2.45) is 0 Å². The van der Waals surface area contributed by atoms with Crippen LogP contribution in [0.1, 0.15) is 33.0 Å². The van der Waals surface area contributed by atoms with Gasteiger partial charge in [-0.1, -0.05) is 23.8 Å². The zero-order valence-corrected chi connectivity index (χ0v) is 17.2. The van der Waals surface area contributed by atoms with Crippen LogP contribution in [0.25, 0.3) is 23.4 Å². The monoisotopic (exact) mass is 419 g/mol. The van der Waals surface area contributed by atoms with Crippen LogP contribution >= 0.6 is 11.6 Å². The number of H-pyrrole nitrogens is 1. The van der Waals surface area contributed by atoms with Crippen LogP contribution in [0.2, 0.25) is 5.02 Å². The molecule has 2 aromatic heterocycles. The Morgan fingerprint density at radius 1 is 1.10 bits per heavy atom. The number of hydrogen-bond acceptors (Lipinski definition) is 2.